The predicted molar refractivity (Wildman–Crippen MR) is 73.1 cm³/mol. The van der Waals surface area contributed by atoms with Gasteiger partial charge in [-0.05, 0) is 0 Å². The summed E-state index contributed by atoms with van der Waals surface area (Å²) in [5.41, 5.74) is 0.873. The Kier molecular flexibility index (Phi) is 5.25. The van der Waals surface area contributed by atoms with Gasteiger partial charge < -0.3 is 5.32 Å². The predicted octanol–water partition coefficient (Wildman–Crippen LogP) is 2.39. The second-order valence-corrected chi connectivity index (χ2v) is 5.30. The lowest BCUT2D eigenvalue weighted by Gasteiger charge is -2.07. The third kappa shape index (κ3) is 3.84. The van der Waals surface area contributed by atoms with E-state index in [-0.39, 0.29) is 0 Å². The summed E-state index contributed by atoms with van der Waals surface area (Å²) >= 11 is 13.6. The monoisotopic (exact) mass is 303 g/mol. The molecule has 0 saturated carbocycles. The molecule has 0 radical (unpaired) electrons. The van der Waals surface area contributed by atoms with E-state index >= 15 is 0 Å². The van der Waals surface area contributed by atoms with Crippen LogP contribution in [0.5, 0.6) is 0 Å². The van der Waals surface area contributed by atoms with Gasteiger partial charge in [0.2, 0.25) is 0 Å². The normalized spacial score (nSPS) is 10.8. The van der Waals surface area contributed by atoms with Gasteiger partial charge in [-0.3, -0.25) is 10.1 Å². The molecule has 0 spiro atoms. The van der Waals surface area contributed by atoms with E-state index in [1.54, 1.807) is 24.2 Å². The number of hydrogen-bond donors (Lipinski definition) is 2. The summed E-state index contributed by atoms with van der Waals surface area (Å²) in [5, 5.41) is 11.8. The van der Waals surface area contributed by atoms with E-state index in [1.807, 2.05) is 0 Å². The summed E-state index contributed by atoms with van der Waals surface area (Å²) in [7, 11) is 0. The molecule has 0 bridgehead atoms. The van der Waals surface area contributed by atoms with Crippen LogP contribution < -0.4 is 5.32 Å². The molecule has 96 valence electrons. The van der Waals surface area contributed by atoms with Crippen molar-refractivity contribution < 1.29 is 0 Å². The molecule has 0 atom stereocenters. The Hall–Kier alpha value is -0.820. The first-order chi connectivity index (χ1) is 8.77. The van der Waals surface area contributed by atoms with Gasteiger partial charge in [0.25, 0.3) is 0 Å². The highest BCUT2D eigenvalue weighted by Gasteiger charge is 2.05. The van der Waals surface area contributed by atoms with E-state index < -0.39 is 0 Å². The van der Waals surface area contributed by atoms with Gasteiger partial charge in [0.05, 0.1) is 10.0 Å². The first kappa shape index (κ1) is 13.6. The molecule has 2 aromatic rings. The minimum Gasteiger partial charge on any atom is -0.312 e. The minimum atomic E-state index is 0.581. The third-order valence-electron chi connectivity index (χ3n) is 2.16. The summed E-state index contributed by atoms with van der Waals surface area (Å²) < 4.78 is 0. The fourth-order valence-electron chi connectivity index (χ4n) is 1.30. The number of rotatable bonds is 6. The first-order valence-electron chi connectivity index (χ1n) is 5.24. The lowest BCUT2D eigenvalue weighted by Crippen LogP contribution is -2.17. The Balaban J connectivity index is 1.72. The molecule has 2 N–H and O–H groups in total. The fourth-order valence-corrected chi connectivity index (χ4v) is 2.48. The number of halogens is 2. The van der Waals surface area contributed by atoms with E-state index in [0.29, 0.717) is 16.6 Å². The van der Waals surface area contributed by atoms with Gasteiger partial charge in [-0.15, -0.1) is 0 Å². The van der Waals surface area contributed by atoms with Crippen molar-refractivity contribution >= 4 is 35.0 Å². The van der Waals surface area contributed by atoms with Crippen molar-refractivity contribution in [3.8, 4) is 0 Å². The zero-order valence-corrected chi connectivity index (χ0v) is 11.7. The molecular formula is C10H11Cl2N5S. The molecule has 0 amide bonds. The Morgan fingerprint density at radius 1 is 1.28 bits per heavy atom. The lowest BCUT2D eigenvalue weighted by molar-refractivity contribution is 0.730. The first-order valence-corrected chi connectivity index (χ1v) is 6.98. The fraction of sp³-hybridized carbons (Fsp3) is 0.300. The average Bonchev–Trinajstić information content (AvgIpc) is 2.85. The van der Waals surface area contributed by atoms with E-state index in [2.05, 4.69) is 25.5 Å². The van der Waals surface area contributed by atoms with Crippen LogP contribution in [0.1, 0.15) is 5.56 Å². The van der Waals surface area contributed by atoms with Crippen LogP contribution in [-0.4, -0.2) is 32.5 Å². The van der Waals surface area contributed by atoms with Crippen LogP contribution in [-0.2, 0) is 6.54 Å². The number of thioether (sulfide) groups is 1. The second-order valence-electron chi connectivity index (χ2n) is 3.40. The van der Waals surface area contributed by atoms with Gasteiger partial charge in [0.1, 0.15) is 6.33 Å². The van der Waals surface area contributed by atoms with Crippen molar-refractivity contribution in [3.63, 3.8) is 0 Å². The quantitative estimate of drug-likeness (QED) is 0.633. The number of aromatic nitrogens is 4. The van der Waals surface area contributed by atoms with Crippen LogP contribution in [0.3, 0.4) is 0 Å². The molecule has 0 saturated heterocycles. The van der Waals surface area contributed by atoms with Gasteiger partial charge in [-0.2, -0.15) is 5.10 Å². The zero-order chi connectivity index (χ0) is 12.8. The highest BCUT2D eigenvalue weighted by atomic mass is 35.5. The van der Waals surface area contributed by atoms with Crippen LogP contribution in [0.15, 0.2) is 23.9 Å². The van der Waals surface area contributed by atoms with Crippen LogP contribution in [0, 0.1) is 0 Å². The lowest BCUT2D eigenvalue weighted by atomic mass is 10.2. The molecule has 0 unspecified atom stereocenters. The topological polar surface area (TPSA) is 66.5 Å². The van der Waals surface area contributed by atoms with Crippen LogP contribution in [0.4, 0.5) is 0 Å². The third-order valence-corrected chi connectivity index (χ3v) is 3.69. The molecule has 18 heavy (non-hydrogen) atoms. The summed E-state index contributed by atoms with van der Waals surface area (Å²) in [6, 6.07) is 0. The molecule has 2 rings (SSSR count). The van der Waals surface area contributed by atoms with Gasteiger partial charge in [-0.1, -0.05) is 35.0 Å². The van der Waals surface area contributed by atoms with Crippen LogP contribution >= 0.6 is 35.0 Å². The maximum absolute atomic E-state index is 6.01. The van der Waals surface area contributed by atoms with Gasteiger partial charge in [0.15, 0.2) is 5.16 Å². The van der Waals surface area contributed by atoms with E-state index in [9.17, 15) is 0 Å². The smallest absolute Gasteiger partial charge is 0.183 e. The van der Waals surface area contributed by atoms with Crippen molar-refractivity contribution in [2.75, 3.05) is 12.3 Å². The molecule has 0 aliphatic heterocycles. The Bertz CT molecular complexity index is 471. The molecule has 0 aliphatic rings. The molecular weight excluding hydrogens is 293 g/mol. The highest BCUT2D eigenvalue weighted by molar-refractivity contribution is 7.99. The summed E-state index contributed by atoms with van der Waals surface area (Å²) in [6.07, 6.45) is 4.67. The number of hydrogen-bond acceptors (Lipinski definition) is 5. The number of aromatic amines is 1. The van der Waals surface area contributed by atoms with Gasteiger partial charge in [-0.25, -0.2) is 4.98 Å². The summed E-state index contributed by atoms with van der Waals surface area (Å²) in [5.74, 6) is 0.884. The molecule has 2 aromatic heterocycles. The van der Waals surface area contributed by atoms with Crippen molar-refractivity contribution in [3.05, 3.63) is 34.3 Å². The molecule has 0 fully saturated rings. The average molecular weight is 304 g/mol. The Morgan fingerprint density at radius 3 is 2.72 bits per heavy atom. The van der Waals surface area contributed by atoms with Gasteiger partial charge in [0, 0.05) is 36.8 Å². The summed E-state index contributed by atoms with van der Waals surface area (Å²) in [4.78, 5) is 7.93. The maximum Gasteiger partial charge on any atom is 0.183 e. The molecule has 5 nitrogen and oxygen atoms in total. The molecule has 8 heteroatoms. The second kappa shape index (κ2) is 6.94. The van der Waals surface area contributed by atoms with E-state index in [1.165, 1.54) is 6.33 Å². The molecule has 0 aromatic carbocycles. The standard InChI is InChI=1S/C10H11Cl2N5S/c11-8-4-14-5-9(12)7(8)3-13-1-2-18-10-15-6-16-17-10/h4-6,13H,1-3H2,(H,15,16,17). The SMILES string of the molecule is Clc1cncc(Cl)c1CNCCSc1ncn[nH]1. The highest BCUT2D eigenvalue weighted by Crippen LogP contribution is 2.22. The molecule has 0 aliphatic carbocycles. The number of pyridine rings is 1. The van der Waals surface area contributed by atoms with Crippen LogP contribution in [0.25, 0.3) is 0 Å². The van der Waals surface area contributed by atoms with Gasteiger partial charge >= 0.3 is 0 Å². The Morgan fingerprint density at radius 2 is 2.06 bits per heavy atom. The number of nitrogens with one attached hydrogen (secondary N) is 2. The number of nitrogens with zero attached hydrogens (tertiary/aromatic N) is 3. The zero-order valence-electron chi connectivity index (χ0n) is 9.36. The largest absolute Gasteiger partial charge is 0.312 e. The van der Waals surface area contributed by atoms with E-state index in [0.717, 1.165) is 23.0 Å². The minimum absolute atomic E-state index is 0.581. The summed E-state index contributed by atoms with van der Waals surface area (Å²) in [6.45, 7) is 1.44. The van der Waals surface area contributed by atoms with E-state index in [4.69, 9.17) is 23.2 Å². The van der Waals surface area contributed by atoms with Crippen molar-refractivity contribution in [1.29, 1.82) is 0 Å². The number of H-pyrrole nitrogens is 1. The van der Waals surface area contributed by atoms with Crippen molar-refractivity contribution in [2.24, 2.45) is 0 Å². The van der Waals surface area contributed by atoms with Crippen molar-refractivity contribution in [2.45, 2.75) is 11.7 Å². The Labute approximate surface area is 119 Å². The molecule has 2 heterocycles. The van der Waals surface area contributed by atoms with Crippen molar-refractivity contribution in [1.82, 2.24) is 25.5 Å². The van der Waals surface area contributed by atoms with Crippen LogP contribution in [0.2, 0.25) is 10.0 Å². The maximum atomic E-state index is 6.01.